The molecule has 0 saturated heterocycles. The zero-order valence-electron chi connectivity index (χ0n) is 12.3. The first-order valence-electron chi connectivity index (χ1n) is 7.23. The molecule has 0 aromatic rings. The van der Waals surface area contributed by atoms with E-state index in [0.29, 0.717) is 5.92 Å². The molecule has 1 aliphatic carbocycles. The summed E-state index contributed by atoms with van der Waals surface area (Å²) >= 11 is 0. The van der Waals surface area contributed by atoms with Crippen LogP contribution in [0.4, 0.5) is 0 Å². The second-order valence-electron chi connectivity index (χ2n) is 6.84. The van der Waals surface area contributed by atoms with Gasteiger partial charge in [-0.15, -0.1) is 0 Å². The molecule has 2 unspecified atom stereocenters. The van der Waals surface area contributed by atoms with Crippen LogP contribution in [0.2, 0.25) is 0 Å². The van der Waals surface area contributed by atoms with Crippen LogP contribution in [-0.2, 0) is 4.74 Å². The Bertz CT molecular complexity index is 213. The van der Waals surface area contributed by atoms with Crippen molar-refractivity contribution >= 4 is 0 Å². The van der Waals surface area contributed by atoms with Gasteiger partial charge in [-0.2, -0.15) is 0 Å². The lowest BCUT2D eigenvalue weighted by Crippen LogP contribution is -2.50. The lowest BCUT2D eigenvalue weighted by Gasteiger charge is -2.40. The van der Waals surface area contributed by atoms with Crippen molar-refractivity contribution in [2.45, 2.75) is 72.4 Å². The van der Waals surface area contributed by atoms with Crippen LogP contribution in [0, 0.1) is 17.3 Å². The van der Waals surface area contributed by atoms with Crippen LogP contribution in [0.5, 0.6) is 0 Å². The number of hydrogen-bond donors (Lipinski definition) is 1. The summed E-state index contributed by atoms with van der Waals surface area (Å²) in [5.41, 5.74) is 6.62. The minimum Gasteiger partial charge on any atom is -0.376 e. The van der Waals surface area contributed by atoms with Gasteiger partial charge in [0, 0.05) is 12.6 Å². The molecule has 0 bridgehead atoms. The van der Waals surface area contributed by atoms with Crippen molar-refractivity contribution in [3.63, 3.8) is 0 Å². The molecule has 1 fully saturated rings. The molecule has 0 aromatic heterocycles. The quantitative estimate of drug-likeness (QED) is 0.816. The summed E-state index contributed by atoms with van der Waals surface area (Å²) in [5.74, 6) is 1.54. The molecule has 1 rings (SSSR count). The van der Waals surface area contributed by atoms with Gasteiger partial charge in [0.25, 0.3) is 0 Å². The van der Waals surface area contributed by atoms with Crippen molar-refractivity contribution in [3.8, 4) is 0 Å². The van der Waals surface area contributed by atoms with E-state index in [1.54, 1.807) is 0 Å². The Hall–Kier alpha value is -0.0800. The van der Waals surface area contributed by atoms with E-state index >= 15 is 0 Å². The molecule has 0 aromatic carbocycles. The van der Waals surface area contributed by atoms with Gasteiger partial charge >= 0.3 is 0 Å². The van der Waals surface area contributed by atoms with Crippen LogP contribution in [0.3, 0.4) is 0 Å². The predicted molar refractivity (Wildman–Crippen MR) is 74.0 cm³/mol. The largest absolute Gasteiger partial charge is 0.376 e. The van der Waals surface area contributed by atoms with Gasteiger partial charge in [0.05, 0.1) is 6.10 Å². The van der Waals surface area contributed by atoms with Gasteiger partial charge in [0.15, 0.2) is 0 Å². The molecular formula is C15H31NO. The Kier molecular flexibility index (Phi) is 5.46. The number of nitrogens with two attached hydrogens (primary N) is 1. The lowest BCUT2D eigenvalue weighted by molar-refractivity contribution is -0.0440. The Morgan fingerprint density at radius 2 is 1.71 bits per heavy atom. The summed E-state index contributed by atoms with van der Waals surface area (Å²) in [4.78, 5) is 0. The molecule has 17 heavy (non-hydrogen) atoms. The average molecular weight is 241 g/mol. The van der Waals surface area contributed by atoms with E-state index in [-0.39, 0.29) is 17.6 Å². The molecule has 0 heterocycles. The molecule has 1 saturated carbocycles. The summed E-state index contributed by atoms with van der Waals surface area (Å²) in [6, 6.07) is 0.197. The molecule has 2 nitrogen and oxygen atoms in total. The van der Waals surface area contributed by atoms with Crippen molar-refractivity contribution in [3.05, 3.63) is 0 Å². The van der Waals surface area contributed by atoms with Gasteiger partial charge in [-0.3, -0.25) is 0 Å². The van der Waals surface area contributed by atoms with E-state index < -0.39 is 0 Å². The first kappa shape index (κ1) is 15.0. The van der Waals surface area contributed by atoms with Gasteiger partial charge in [-0.05, 0) is 37.0 Å². The van der Waals surface area contributed by atoms with Gasteiger partial charge in [0.2, 0.25) is 0 Å². The highest BCUT2D eigenvalue weighted by Crippen LogP contribution is 2.35. The third-order valence-corrected chi connectivity index (χ3v) is 4.15. The number of hydrogen-bond acceptors (Lipinski definition) is 2. The van der Waals surface area contributed by atoms with Gasteiger partial charge in [0.1, 0.15) is 0 Å². The van der Waals surface area contributed by atoms with E-state index in [2.05, 4.69) is 34.6 Å². The Morgan fingerprint density at radius 1 is 1.18 bits per heavy atom. The zero-order valence-corrected chi connectivity index (χ0v) is 12.3. The fourth-order valence-corrected chi connectivity index (χ4v) is 3.04. The summed E-state index contributed by atoms with van der Waals surface area (Å²) in [7, 11) is 0. The molecular weight excluding hydrogens is 210 g/mol. The highest BCUT2D eigenvalue weighted by Gasteiger charge is 2.36. The van der Waals surface area contributed by atoms with E-state index in [1.807, 2.05) is 0 Å². The van der Waals surface area contributed by atoms with E-state index in [0.717, 1.165) is 12.5 Å². The van der Waals surface area contributed by atoms with Crippen molar-refractivity contribution < 1.29 is 4.74 Å². The normalized spacial score (nSPS) is 30.0. The average Bonchev–Trinajstić information content (AvgIpc) is 2.24. The third kappa shape index (κ3) is 4.26. The summed E-state index contributed by atoms with van der Waals surface area (Å²) < 4.78 is 5.92. The van der Waals surface area contributed by atoms with Crippen LogP contribution in [-0.4, -0.2) is 18.8 Å². The molecule has 0 spiro atoms. The summed E-state index contributed by atoms with van der Waals surface area (Å²) in [6.07, 6.45) is 5.41. The minimum atomic E-state index is 0.137. The smallest absolute Gasteiger partial charge is 0.0776 e. The van der Waals surface area contributed by atoms with Crippen LogP contribution < -0.4 is 5.73 Å². The van der Waals surface area contributed by atoms with E-state index in [4.69, 9.17) is 10.5 Å². The molecule has 2 atom stereocenters. The maximum absolute atomic E-state index is 6.49. The second kappa shape index (κ2) is 6.19. The monoisotopic (exact) mass is 241 g/mol. The highest BCUT2D eigenvalue weighted by molar-refractivity contribution is 4.90. The first-order valence-corrected chi connectivity index (χ1v) is 7.23. The minimum absolute atomic E-state index is 0.137. The van der Waals surface area contributed by atoms with E-state index in [9.17, 15) is 0 Å². The van der Waals surface area contributed by atoms with Gasteiger partial charge < -0.3 is 10.5 Å². The molecule has 1 aliphatic rings. The van der Waals surface area contributed by atoms with Crippen LogP contribution in [0.25, 0.3) is 0 Å². The Morgan fingerprint density at radius 3 is 2.12 bits per heavy atom. The predicted octanol–water partition coefficient (Wildman–Crippen LogP) is 3.59. The van der Waals surface area contributed by atoms with Crippen LogP contribution in [0.1, 0.15) is 60.3 Å². The molecule has 0 amide bonds. The summed E-state index contributed by atoms with van der Waals surface area (Å²) in [6.45, 7) is 11.9. The van der Waals surface area contributed by atoms with Crippen LogP contribution in [0.15, 0.2) is 0 Å². The maximum Gasteiger partial charge on any atom is 0.0776 e. The fourth-order valence-electron chi connectivity index (χ4n) is 3.04. The van der Waals surface area contributed by atoms with Crippen LogP contribution >= 0.6 is 0 Å². The zero-order chi connectivity index (χ0) is 13.1. The topological polar surface area (TPSA) is 35.2 Å². The Balaban J connectivity index is 2.61. The molecule has 2 N–H and O–H groups in total. The fraction of sp³-hybridized carbons (Fsp3) is 1.00. The van der Waals surface area contributed by atoms with Crippen molar-refractivity contribution in [2.24, 2.45) is 23.0 Å². The highest BCUT2D eigenvalue weighted by atomic mass is 16.5. The van der Waals surface area contributed by atoms with Crippen molar-refractivity contribution in [1.29, 1.82) is 0 Å². The molecule has 102 valence electrons. The maximum atomic E-state index is 6.49. The first-order chi connectivity index (χ1) is 7.86. The second-order valence-corrected chi connectivity index (χ2v) is 6.84. The van der Waals surface area contributed by atoms with Crippen molar-refractivity contribution in [1.82, 2.24) is 0 Å². The Labute approximate surface area is 107 Å². The van der Waals surface area contributed by atoms with E-state index in [1.165, 1.54) is 25.7 Å². The molecule has 0 radical (unpaired) electrons. The lowest BCUT2D eigenvalue weighted by atomic mass is 9.73. The number of rotatable bonds is 4. The number of ether oxygens (including phenoxy) is 1. The van der Waals surface area contributed by atoms with Gasteiger partial charge in [-0.25, -0.2) is 0 Å². The third-order valence-electron chi connectivity index (χ3n) is 4.15. The SMILES string of the molecule is CCOC(C(N)C1CCC(C)CC1)C(C)(C)C. The summed E-state index contributed by atoms with van der Waals surface area (Å²) in [5, 5.41) is 0. The molecule has 2 heteroatoms. The molecule has 0 aliphatic heterocycles. The van der Waals surface area contributed by atoms with Gasteiger partial charge in [-0.1, -0.05) is 40.5 Å². The van der Waals surface area contributed by atoms with Crippen molar-refractivity contribution in [2.75, 3.05) is 6.61 Å². The standard InChI is InChI=1S/C15H31NO/c1-6-17-14(15(3,4)5)13(16)12-9-7-11(2)8-10-12/h11-14H,6-10,16H2,1-5H3.